The third-order valence-electron chi connectivity index (χ3n) is 8.67. The van der Waals surface area contributed by atoms with Gasteiger partial charge in [0.1, 0.15) is 0 Å². The highest BCUT2D eigenvalue weighted by Gasteiger charge is 2.26. The van der Waals surface area contributed by atoms with Crippen molar-refractivity contribution < 1.29 is 0 Å². The van der Waals surface area contributed by atoms with E-state index in [1.807, 2.05) is 0 Å². The van der Waals surface area contributed by atoms with Gasteiger partial charge in [0.25, 0.3) is 0 Å². The zero-order valence-corrected chi connectivity index (χ0v) is 28.2. The second-order valence-corrected chi connectivity index (χ2v) is 16.1. The van der Waals surface area contributed by atoms with E-state index in [2.05, 4.69) is 182 Å². The van der Waals surface area contributed by atoms with Gasteiger partial charge in [-0.3, -0.25) is 9.98 Å². The molecule has 2 nitrogen and oxygen atoms in total. The summed E-state index contributed by atoms with van der Waals surface area (Å²) >= 11 is 0. The van der Waals surface area contributed by atoms with Crippen molar-refractivity contribution in [2.45, 2.75) is 31.3 Å². The van der Waals surface area contributed by atoms with Crippen LogP contribution >= 0.6 is 15.8 Å². The first kappa shape index (κ1) is 31.1. The van der Waals surface area contributed by atoms with E-state index in [0.717, 1.165) is 19.3 Å². The van der Waals surface area contributed by atoms with Gasteiger partial charge in [0.05, 0.1) is 12.1 Å². The molecule has 1 saturated carbocycles. The van der Waals surface area contributed by atoms with Crippen molar-refractivity contribution in [1.29, 1.82) is 0 Å². The average Bonchev–Trinajstić information content (AvgIpc) is 3.60. The molecular formula is C43H38N2P2. The minimum atomic E-state index is -0.706. The number of benzene rings is 6. The molecule has 0 bridgehead atoms. The largest absolute Gasteiger partial charge is 0.287 e. The summed E-state index contributed by atoms with van der Waals surface area (Å²) in [7, 11) is -1.41. The number of hydrogen-bond acceptors (Lipinski definition) is 2. The van der Waals surface area contributed by atoms with E-state index in [4.69, 9.17) is 9.98 Å². The minimum absolute atomic E-state index is 0.177. The lowest BCUT2D eigenvalue weighted by molar-refractivity contribution is 0.612. The van der Waals surface area contributed by atoms with Crippen LogP contribution in [-0.4, -0.2) is 24.5 Å². The van der Waals surface area contributed by atoms with Crippen molar-refractivity contribution >= 4 is 60.1 Å². The van der Waals surface area contributed by atoms with Gasteiger partial charge < -0.3 is 0 Å². The van der Waals surface area contributed by atoms with Gasteiger partial charge in [-0.1, -0.05) is 170 Å². The van der Waals surface area contributed by atoms with Crippen LogP contribution in [0.4, 0.5) is 0 Å². The Morgan fingerprint density at radius 3 is 1.02 bits per heavy atom. The molecule has 0 heterocycles. The third kappa shape index (κ3) is 7.41. The van der Waals surface area contributed by atoms with Crippen molar-refractivity contribution in [1.82, 2.24) is 0 Å². The van der Waals surface area contributed by atoms with Gasteiger partial charge in [0, 0.05) is 23.6 Å². The predicted octanol–water partition coefficient (Wildman–Crippen LogP) is 7.66. The number of hydrogen-bond donors (Lipinski definition) is 0. The molecule has 47 heavy (non-hydrogen) atoms. The SMILES string of the molecule is C(=NC1CCCC1N=Cc1ccccc1P(c1ccccc1)c1ccccc1)c1ccccc1P(c1ccccc1)c1ccccc1. The first-order chi connectivity index (χ1) is 23.3. The lowest BCUT2D eigenvalue weighted by Gasteiger charge is -2.21. The predicted molar refractivity (Wildman–Crippen MR) is 207 cm³/mol. The summed E-state index contributed by atoms with van der Waals surface area (Å²) in [6.07, 6.45) is 7.54. The van der Waals surface area contributed by atoms with Crippen LogP contribution in [0.2, 0.25) is 0 Å². The lowest BCUT2D eigenvalue weighted by atomic mass is 10.1. The van der Waals surface area contributed by atoms with E-state index in [1.54, 1.807) is 0 Å². The van der Waals surface area contributed by atoms with Crippen molar-refractivity contribution in [3.8, 4) is 0 Å². The van der Waals surface area contributed by atoms with E-state index in [9.17, 15) is 0 Å². The molecule has 1 aliphatic carbocycles. The number of aliphatic imine (C=N–C) groups is 2. The topological polar surface area (TPSA) is 24.7 Å². The van der Waals surface area contributed by atoms with Crippen molar-refractivity contribution in [3.05, 3.63) is 181 Å². The van der Waals surface area contributed by atoms with Crippen molar-refractivity contribution in [2.75, 3.05) is 0 Å². The molecule has 4 heteroatoms. The van der Waals surface area contributed by atoms with Crippen LogP contribution in [0.3, 0.4) is 0 Å². The molecule has 1 fully saturated rings. The van der Waals surface area contributed by atoms with Gasteiger partial charge in [-0.05, 0) is 66.9 Å². The quantitative estimate of drug-likeness (QED) is 0.108. The Morgan fingerprint density at radius 2 is 0.681 bits per heavy atom. The van der Waals surface area contributed by atoms with Gasteiger partial charge in [-0.15, -0.1) is 0 Å². The van der Waals surface area contributed by atoms with Crippen LogP contribution < -0.4 is 31.8 Å². The molecule has 0 N–H and O–H groups in total. The molecule has 2 unspecified atom stereocenters. The van der Waals surface area contributed by atoms with Gasteiger partial charge in [0.2, 0.25) is 0 Å². The molecule has 0 spiro atoms. The van der Waals surface area contributed by atoms with Crippen LogP contribution in [-0.2, 0) is 0 Å². The Morgan fingerprint density at radius 1 is 0.383 bits per heavy atom. The summed E-state index contributed by atoms with van der Waals surface area (Å²) in [6, 6.07) is 61.6. The smallest absolute Gasteiger partial charge is 0.0723 e. The zero-order chi connectivity index (χ0) is 31.7. The van der Waals surface area contributed by atoms with Gasteiger partial charge in [-0.25, -0.2) is 0 Å². The van der Waals surface area contributed by atoms with Crippen LogP contribution in [0.5, 0.6) is 0 Å². The summed E-state index contributed by atoms with van der Waals surface area (Å²) < 4.78 is 0. The number of rotatable bonds is 10. The first-order valence-corrected chi connectivity index (χ1v) is 19.1. The van der Waals surface area contributed by atoms with E-state index in [-0.39, 0.29) is 12.1 Å². The van der Waals surface area contributed by atoms with Crippen LogP contribution in [0, 0.1) is 0 Å². The Bertz CT molecular complexity index is 1700. The molecule has 6 aromatic rings. The van der Waals surface area contributed by atoms with E-state index in [1.165, 1.54) is 43.0 Å². The highest BCUT2D eigenvalue weighted by Crippen LogP contribution is 2.35. The van der Waals surface area contributed by atoms with Gasteiger partial charge in [0.15, 0.2) is 0 Å². The summed E-state index contributed by atoms with van der Waals surface area (Å²) in [5, 5.41) is 8.08. The van der Waals surface area contributed by atoms with Crippen molar-refractivity contribution in [3.63, 3.8) is 0 Å². The molecule has 7 rings (SSSR count). The normalized spacial score (nSPS) is 16.5. The highest BCUT2D eigenvalue weighted by atomic mass is 31.1. The highest BCUT2D eigenvalue weighted by molar-refractivity contribution is 7.80. The summed E-state index contributed by atoms with van der Waals surface area (Å²) in [5.74, 6) is 0. The van der Waals surface area contributed by atoms with Crippen LogP contribution in [0.1, 0.15) is 30.4 Å². The molecular weight excluding hydrogens is 606 g/mol. The maximum atomic E-state index is 5.25. The fourth-order valence-corrected chi connectivity index (χ4v) is 11.2. The molecule has 0 amide bonds. The summed E-state index contributed by atoms with van der Waals surface area (Å²) in [6.45, 7) is 0. The Balaban J connectivity index is 1.17. The fraction of sp³-hybridized carbons (Fsp3) is 0.116. The maximum Gasteiger partial charge on any atom is 0.0723 e. The molecule has 1 aliphatic rings. The maximum absolute atomic E-state index is 5.25. The molecule has 0 aromatic heterocycles. The Labute approximate surface area is 281 Å². The van der Waals surface area contributed by atoms with Gasteiger partial charge in [-0.2, -0.15) is 0 Å². The third-order valence-corrected chi connectivity index (χ3v) is 13.7. The van der Waals surface area contributed by atoms with Crippen LogP contribution in [0.15, 0.2) is 180 Å². The first-order valence-electron chi connectivity index (χ1n) is 16.4. The molecule has 2 atom stereocenters. The Kier molecular flexibility index (Phi) is 10.2. The Hall–Kier alpha value is -4.48. The fourth-order valence-electron chi connectivity index (χ4n) is 6.38. The van der Waals surface area contributed by atoms with E-state index < -0.39 is 15.8 Å². The van der Waals surface area contributed by atoms with Crippen LogP contribution in [0.25, 0.3) is 0 Å². The van der Waals surface area contributed by atoms with Gasteiger partial charge >= 0.3 is 0 Å². The zero-order valence-electron chi connectivity index (χ0n) is 26.4. The molecule has 6 aromatic carbocycles. The minimum Gasteiger partial charge on any atom is -0.287 e. The number of nitrogens with zero attached hydrogens (tertiary/aromatic N) is 2. The average molecular weight is 645 g/mol. The molecule has 0 radical (unpaired) electrons. The lowest BCUT2D eigenvalue weighted by Crippen LogP contribution is -2.24. The molecule has 230 valence electrons. The summed E-state index contributed by atoms with van der Waals surface area (Å²) in [5.41, 5.74) is 2.39. The molecule has 0 saturated heterocycles. The standard InChI is InChI=1S/C43H38N2P2/c1-5-20-36(21-6-1)46(37-22-7-2-8-23-37)42-30-15-13-18-34(42)32-44-40-28-17-29-41(40)45-33-35-19-14-16-31-43(35)47(38-24-9-3-10-25-38)39-26-11-4-12-27-39/h1-16,18-27,30-33,40-41H,17,28-29H2. The monoisotopic (exact) mass is 644 g/mol. The van der Waals surface area contributed by atoms with Crippen molar-refractivity contribution in [2.24, 2.45) is 9.98 Å². The second kappa shape index (κ2) is 15.4. The van der Waals surface area contributed by atoms with E-state index >= 15 is 0 Å². The molecule has 0 aliphatic heterocycles. The summed E-state index contributed by atoms with van der Waals surface area (Å²) in [4.78, 5) is 10.5. The second-order valence-electron chi connectivity index (χ2n) is 11.8. The van der Waals surface area contributed by atoms with E-state index in [0.29, 0.717) is 0 Å².